The first-order chi connectivity index (χ1) is 14.4. The summed E-state index contributed by atoms with van der Waals surface area (Å²) in [5.41, 5.74) is 3.11. The lowest BCUT2D eigenvalue weighted by atomic mass is 10.0. The minimum Gasteiger partial charge on any atom is -0.496 e. The molecule has 1 heterocycles. The van der Waals surface area contributed by atoms with Gasteiger partial charge in [-0.25, -0.2) is 0 Å². The Morgan fingerprint density at radius 2 is 1.90 bits per heavy atom. The molecule has 1 aliphatic rings. The van der Waals surface area contributed by atoms with Crippen molar-refractivity contribution in [2.75, 3.05) is 12.0 Å². The Bertz CT molecular complexity index is 1010. The second-order valence-electron chi connectivity index (χ2n) is 6.82. The van der Waals surface area contributed by atoms with Gasteiger partial charge >= 0.3 is 0 Å². The Morgan fingerprint density at radius 1 is 1.20 bits per heavy atom. The molecule has 0 bridgehead atoms. The molecule has 0 spiro atoms. The zero-order chi connectivity index (χ0) is 21.8. The van der Waals surface area contributed by atoms with E-state index in [9.17, 15) is 9.59 Å². The van der Waals surface area contributed by atoms with Gasteiger partial charge in [0.15, 0.2) is 10.1 Å². The van der Waals surface area contributed by atoms with Gasteiger partial charge in [0.2, 0.25) is 0 Å². The minimum atomic E-state index is -0.184. The number of ketones is 1. The van der Waals surface area contributed by atoms with E-state index < -0.39 is 0 Å². The quantitative estimate of drug-likeness (QED) is 0.314. The molecular formula is C23H23NO4S2. The van der Waals surface area contributed by atoms with E-state index in [-0.39, 0.29) is 11.7 Å². The van der Waals surface area contributed by atoms with Crippen LogP contribution in [0.5, 0.6) is 11.5 Å². The van der Waals surface area contributed by atoms with Gasteiger partial charge in [0, 0.05) is 5.56 Å². The number of hydrogen-bond donors (Lipinski definition) is 0. The van der Waals surface area contributed by atoms with Crippen molar-refractivity contribution in [2.45, 2.75) is 33.3 Å². The third-order valence-corrected chi connectivity index (χ3v) is 5.94. The number of carbonyl (C=O) groups is 2. The molecule has 1 aliphatic heterocycles. The number of anilines is 1. The maximum absolute atomic E-state index is 12.2. The van der Waals surface area contributed by atoms with E-state index in [4.69, 9.17) is 21.7 Å². The lowest BCUT2D eigenvalue weighted by molar-refractivity contribution is -0.113. The molecule has 0 atom stereocenters. The van der Waals surface area contributed by atoms with Crippen LogP contribution in [0, 0.1) is 0 Å². The number of methoxy groups -OCH3 is 1. The van der Waals surface area contributed by atoms with Crippen LogP contribution >= 0.6 is 24.0 Å². The first kappa shape index (κ1) is 22.1. The van der Waals surface area contributed by atoms with Gasteiger partial charge in [0.05, 0.1) is 23.3 Å². The monoisotopic (exact) mass is 441 g/mol. The summed E-state index contributed by atoms with van der Waals surface area (Å²) in [7, 11) is 1.57. The average molecular weight is 442 g/mol. The van der Waals surface area contributed by atoms with Crippen molar-refractivity contribution in [1.82, 2.24) is 0 Å². The van der Waals surface area contributed by atoms with Crippen LogP contribution in [0.25, 0.3) is 0 Å². The fourth-order valence-corrected chi connectivity index (χ4v) is 4.43. The maximum atomic E-state index is 12.2. The number of hydrogen-bond acceptors (Lipinski definition) is 6. The van der Waals surface area contributed by atoms with E-state index >= 15 is 0 Å². The van der Waals surface area contributed by atoms with Crippen LogP contribution in [0.3, 0.4) is 0 Å². The molecule has 1 amide bonds. The second kappa shape index (κ2) is 9.45. The Morgan fingerprint density at radius 3 is 2.43 bits per heavy atom. The van der Waals surface area contributed by atoms with Gasteiger partial charge in [-0.05, 0) is 43.2 Å². The van der Waals surface area contributed by atoms with Crippen LogP contribution in [0.15, 0.2) is 47.9 Å². The number of amides is 1. The van der Waals surface area contributed by atoms with Crippen LogP contribution in [-0.2, 0) is 17.8 Å². The van der Waals surface area contributed by atoms with E-state index in [1.165, 1.54) is 23.6 Å². The van der Waals surface area contributed by atoms with Crippen LogP contribution < -0.4 is 14.4 Å². The summed E-state index contributed by atoms with van der Waals surface area (Å²) in [6.45, 7) is 7.67. The van der Waals surface area contributed by atoms with Crippen LogP contribution in [0.4, 0.5) is 5.69 Å². The smallest absolute Gasteiger partial charge is 0.270 e. The summed E-state index contributed by atoms with van der Waals surface area (Å²) in [5, 5.41) is 0. The Labute approximate surface area is 186 Å². The molecule has 156 valence electrons. The number of rotatable bonds is 8. The molecule has 1 fully saturated rings. The van der Waals surface area contributed by atoms with E-state index in [2.05, 4.69) is 13.5 Å². The molecule has 0 aromatic heterocycles. The van der Waals surface area contributed by atoms with Crippen molar-refractivity contribution in [3.63, 3.8) is 0 Å². The predicted molar refractivity (Wildman–Crippen MR) is 125 cm³/mol. The summed E-state index contributed by atoms with van der Waals surface area (Å²) in [6, 6.07) is 11.0. The summed E-state index contributed by atoms with van der Waals surface area (Å²) in [6.07, 6.45) is 1.64. The summed E-state index contributed by atoms with van der Waals surface area (Å²) < 4.78 is 12.1. The number of nitrogens with zero attached hydrogens (tertiary/aromatic N) is 1. The molecule has 1 saturated heterocycles. The molecule has 5 nitrogen and oxygen atoms in total. The van der Waals surface area contributed by atoms with Crippen molar-refractivity contribution in [1.29, 1.82) is 0 Å². The third-order valence-electron chi connectivity index (χ3n) is 4.72. The maximum Gasteiger partial charge on any atom is 0.270 e. The van der Waals surface area contributed by atoms with Crippen molar-refractivity contribution >= 4 is 45.7 Å². The molecule has 0 N–H and O–H groups in total. The van der Waals surface area contributed by atoms with Gasteiger partial charge < -0.3 is 9.47 Å². The Kier molecular flexibility index (Phi) is 6.95. The SMILES string of the molecule is C=C1SC(=S)N(c2ccc(COc3ccc(C(C)=O)c(OC)c3CCC)cc2)C1=O. The zero-order valence-corrected chi connectivity index (χ0v) is 18.8. The highest BCUT2D eigenvalue weighted by atomic mass is 32.2. The molecule has 30 heavy (non-hydrogen) atoms. The molecule has 0 aliphatic carbocycles. The van der Waals surface area contributed by atoms with Gasteiger partial charge in [0.25, 0.3) is 5.91 Å². The van der Waals surface area contributed by atoms with E-state index in [1.54, 1.807) is 13.2 Å². The van der Waals surface area contributed by atoms with Crippen molar-refractivity contribution in [2.24, 2.45) is 0 Å². The van der Waals surface area contributed by atoms with E-state index in [0.29, 0.717) is 38.6 Å². The van der Waals surface area contributed by atoms with Crippen molar-refractivity contribution < 1.29 is 19.1 Å². The van der Waals surface area contributed by atoms with Crippen LogP contribution in [0.2, 0.25) is 0 Å². The Hall–Kier alpha value is -2.64. The van der Waals surface area contributed by atoms with Gasteiger partial charge in [0.1, 0.15) is 18.1 Å². The zero-order valence-electron chi connectivity index (χ0n) is 17.2. The molecule has 0 radical (unpaired) electrons. The topological polar surface area (TPSA) is 55.8 Å². The van der Waals surface area contributed by atoms with E-state index in [1.807, 2.05) is 30.3 Å². The van der Waals surface area contributed by atoms with Crippen molar-refractivity contribution in [3.8, 4) is 11.5 Å². The second-order valence-corrected chi connectivity index (χ2v) is 8.54. The highest BCUT2D eigenvalue weighted by Gasteiger charge is 2.31. The minimum absolute atomic E-state index is 0.0402. The standard InChI is InChI=1S/C23H23NO4S2/c1-5-6-19-20(12-11-18(14(2)25)21(19)27-4)28-13-16-7-9-17(10-8-16)24-22(26)15(3)30-23(24)29/h7-12H,3,5-6,13H2,1-2,4H3. The number of thiocarbonyl (C=S) groups is 1. The fourth-order valence-electron chi connectivity index (χ4n) is 3.27. The Balaban J connectivity index is 1.79. The summed E-state index contributed by atoms with van der Waals surface area (Å²) in [4.78, 5) is 26.0. The van der Waals surface area contributed by atoms with Gasteiger partial charge in [-0.2, -0.15) is 0 Å². The summed E-state index contributed by atoms with van der Waals surface area (Å²) >= 11 is 6.47. The number of carbonyl (C=O) groups excluding carboxylic acids is 2. The predicted octanol–water partition coefficient (Wildman–Crippen LogP) is 5.31. The van der Waals surface area contributed by atoms with Gasteiger partial charge in [-0.1, -0.05) is 56.0 Å². The van der Waals surface area contributed by atoms with Crippen molar-refractivity contribution in [3.05, 3.63) is 64.6 Å². The lowest BCUT2D eigenvalue weighted by Crippen LogP contribution is -2.27. The molecule has 2 aromatic carbocycles. The lowest BCUT2D eigenvalue weighted by Gasteiger charge is -2.18. The normalized spacial score (nSPS) is 13.7. The molecule has 2 aromatic rings. The first-order valence-corrected chi connectivity index (χ1v) is 10.8. The highest BCUT2D eigenvalue weighted by Crippen LogP contribution is 2.35. The van der Waals surface area contributed by atoms with Crippen LogP contribution in [0.1, 0.15) is 41.8 Å². The fraction of sp³-hybridized carbons (Fsp3) is 0.261. The van der Waals surface area contributed by atoms with E-state index in [0.717, 1.165) is 24.0 Å². The summed E-state index contributed by atoms with van der Waals surface area (Å²) in [5.74, 6) is 1.06. The number of benzene rings is 2. The third kappa shape index (κ3) is 4.42. The average Bonchev–Trinajstić information content (AvgIpc) is 2.98. The largest absolute Gasteiger partial charge is 0.496 e. The number of thioether (sulfide) groups is 1. The molecule has 7 heteroatoms. The number of Topliss-reactive ketones (excluding diaryl/α,β-unsaturated/α-hetero) is 1. The van der Waals surface area contributed by atoms with Gasteiger partial charge in [-0.3, -0.25) is 14.5 Å². The molecule has 3 rings (SSSR count). The molecular weight excluding hydrogens is 418 g/mol. The van der Waals surface area contributed by atoms with Crippen LogP contribution in [-0.4, -0.2) is 23.1 Å². The molecule has 0 saturated carbocycles. The first-order valence-electron chi connectivity index (χ1n) is 9.55. The molecule has 0 unspecified atom stereocenters. The number of ether oxygens (including phenoxy) is 2. The van der Waals surface area contributed by atoms with Gasteiger partial charge in [-0.15, -0.1) is 0 Å². The highest BCUT2D eigenvalue weighted by molar-refractivity contribution is 8.27.